The Bertz CT molecular complexity index is 1210. The lowest BCUT2D eigenvalue weighted by atomic mass is 10.2. The third kappa shape index (κ3) is 5.69. The van der Waals surface area contributed by atoms with E-state index in [4.69, 9.17) is 21.3 Å². The molecule has 0 saturated carbocycles. The first kappa shape index (κ1) is 22.4. The highest BCUT2D eigenvalue weighted by atomic mass is 79.9. The van der Waals surface area contributed by atoms with Gasteiger partial charge in [0.15, 0.2) is 0 Å². The van der Waals surface area contributed by atoms with Gasteiger partial charge in [-0.25, -0.2) is 4.98 Å². The molecule has 7 heteroatoms. The first-order valence-electron chi connectivity index (χ1n) is 10.5. The zero-order valence-corrected chi connectivity index (χ0v) is 19.8. The number of hydrogen-bond acceptors (Lipinski definition) is 3. The highest BCUT2D eigenvalue weighted by Gasteiger charge is 2.11. The number of nitrogens with zero attached hydrogens (tertiary/aromatic N) is 2. The van der Waals surface area contributed by atoms with Crippen molar-refractivity contribution < 1.29 is 9.53 Å². The van der Waals surface area contributed by atoms with Gasteiger partial charge in [0.25, 0.3) is 5.91 Å². The number of fused-ring (bicyclic) bond motifs is 1. The van der Waals surface area contributed by atoms with Crippen LogP contribution in [-0.4, -0.2) is 28.6 Å². The van der Waals surface area contributed by atoms with Crippen LogP contribution < -0.4 is 10.1 Å². The van der Waals surface area contributed by atoms with Crippen molar-refractivity contribution in [1.29, 1.82) is 0 Å². The molecule has 164 valence electrons. The second-order valence-corrected chi connectivity index (χ2v) is 8.69. The minimum absolute atomic E-state index is 0.0923. The van der Waals surface area contributed by atoms with E-state index < -0.39 is 0 Å². The van der Waals surface area contributed by atoms with Gasteiger partial charge in [-0.3, -0.25) is 4.79 Å². The number of para-hydroxylation sites is 2. The Labute approximate surface area is 200 Å². The van der Waals surface area contributed by atoms with Crippen LogP contribution in [0.15, 0.2) is 77.3 Å². The molecule has 32 heavy (non-hydrogen) atoms. The molecule has 0 saturated heterocycles. The normalized spacial score (nSPS) is 10.9. The fraction of sp³-hybridized carbons (Fsp3) is 0.200. The van der Waals surface area contributed by atoms with Gasteiger partial charge in [0.2, 0.25) is 0 Å². The number of aromatic nitrogens is 2. The number of benzene rings is 3. The zero-order chi connectivity index (χ0) is 22.3. The number of carbonyl (C=O) groups is 1. The highest BCUT2D eigenvalue weighted by Crippen LogP contribution is 2.19. The molecular weight excluding hydrogens is 490 g/mol. The fourth-order valence-electron chi connectivity index (χ4n) is 3.53. The molecule has 0 aliphatic heterocycles. The Morgan fingerprint density at radius 2 is 1.88 bits per heavy atom. The van der Waals surface area contributed by atoms with Crippen LogP contribution in [0.4, 0.5) is 0 Å². The molecule has 5 nitrogen and oxygen atoms in total. The molecule has 0 atom stereocenters. The topological polar surface area (TPSA) is 56.2 Å². The Kier molecular flexibility index (Phi) is 7.45. The molecule has 4 rings (SSSR count). The van der Waals surface area contributed by atoms with E-state index in [0.29, 0.717) is 30.2 Å². The Balaban J connectivity index is 1.37. The molecule has 3 aromatic carbocycles. The second-order valence-electron chi connectivity index (χ2n) is 7.34. The minimum atomic E-state index is -0.0923. The van der Waals surface area contributed by atoms with Crippen molar-refractivity contribution in [3.05, 3.63) is 93.7 Å². The molecule has 1 amide bonds. The van der Waals surface area contributed by atoms with E-state index in [-0.39, 0.29) is 5.91 Å². The molecule has 4 aromatic rings. The number of rotatable bonds is 9. The molecule has 0 fully saturated rings. The third-order valence-electron chi connectivity index (χ3n) is 5.06. The molecule has 0 aliphatic carbocycles. The van der Waals surface area contributed by atoms with E-state index in [2.05, 4.69) is 31.9 Å². The van der Waals surface area contributed by atoms with Crippen molar-refractivity contribution in [1.82, 2.24) is 14.9 Å². The smallest absolute Gasteiger partial charge is 0.251 e. The van der Waals surface area contributed by atoms with Crippen molar-refractivity contribution in [3.8, 4) is 5.75 Å². The summed E-state index contributed by atoms with van der Waals surface area (Å²) in [6, 6.07) is 22.8. The van der Waals surface area contributed by atoms with Crippen molar-refractivity contribution in [2.75, 3.05) is 13.2 Å². The Morgan fingerprint density at radius 3 is 2.69 bits per heavy atom. The van der Waals surface area contributed by atoms with Crippen LogP contribution in [0.25, 0.3) is 11.0 Å². The van der Waals surface area contributed by atoms with Crippen LogP contribution in [0, 0.1) is 0 Å². The van der Waals surface area contributed by atoms with Crippen molar-refractivity contribution >= 4 is 44.5 Å². The summed E-state index contributed by atoms with van der Waals surface area (Å²) in [5, 5.41) is 3.68. The monoisotopic (exact) mass is 511 g/mol. The van der Waals surface area contributed by atoms with Crippen molar-refractivity contribution in [3.63, 3.8) is 0 Å². The maximum atomic E-state index is 12.4. The molecule has 0 spiro atoms. The van der Waals surface area contributed by atoms with Crippen LogP contribution >= 0.6 is 27.5 Å². The average Bonchev–Trinajstić information content (AvgIpc) is 3.15. The first-order valence-corrected chi connectivity index (χ1v) is 11.6. The number of aryl methyl sites for hydroxylation is 1. The lowest BCUT2D eigenvalue weighted by Crippen LogP contribution is -2.26. The Hall–Kier alpha value is -2.83. The van der Waals surface area contributed by atoms with Crippen molar-refractivity contribution in [2.24, 2.45) is 0 Å². The summed E-state index contributed by atoms with van der Waals surface area (Å²) in [4.78, 5) is 17.2. The molecule has 1 heterocycles. The summed E-state index contributed by atoms with van der Waals surface area (Å²) in [5.41, 5.74) is 2.68. The highest BCUT2D eigenvalue weighted by molar-refractivity contribution is 9.10. The van der Waals surface area contributed by atoms with Crippen molar-refractivity contribution in [2.45, 2.75) is 19.4 Å². The molecule has 1 aromatic heterocycles. The lowest BCUT2D eigenvalue weighted by molar-refractivity contribution is 0.0954. The van der Waals surface area contributed by atoms with Crippen LogP contribution in [-0.2, 0) is 13.0 Å². The van der Waals surface area contributed by atoms with E-state index in [9.17, 15) is 4.79 Å². The van der Waals surface area contributed by atoms with Gasteiger partial charge in [0, 0.05) is 34.6 Å². The number of halogens is 2. The summed E-state index contributed by atoms with van der Waals surface area (Å²) < 4.78 is 8.93. The summed E-state index contributed by atoms with van der Waals surface area (Å²) in [6.45, 7) is 1.88. The maximum Gasteiger partial charge on any atom is 0.251 e. The van der Waals surface area contributed by atoms with E-state index >= 15 is 0 Å². The predicted molar refractivity (Wildman–Crippen MR) is 131 cm³/mol. The molecule has 1 N–H and O–H groups in total. The SMILES string of the molecule is O=C(NCCc1nc2ccccc2n1CCCOc1ccc(Cl)cc1)c1cccc(Br)c1. The molecule has 0 aliphatic rings. The summed E-state index contributed by atoms with van der Waals surface area (Å²) >= 11 is 9.33. The number of ether oxygens (including phenoxy) is 1. The molecular formula is C25H23BrClN3O2. The fourth-order valence-corrected chi connectivity index (χ4v) is 4.05. The van der Waals surface area contributed by atoms with Gasteiger partial charge in [0.05, 0.1) is 17.6 Å². The van der Waals surface area contributed by atoms with E-state index in [0.717, 1.165) is 40.0 Å². The number of carbonyl (C=O) groups excluding carboxylic acids is 1. The summed E-state index contributed by atoms with van der Waals surface area (Å²) in [6.07, 6.45) is 1.48. The number of amides is 1. The third-order valence-corrected chi connectivity index (χ3v) is 5.81. The molecule has 0 unspecified atom stereocenters. The second kappa shape index (κ2) is 10.7. The number of hydrogen-bond donors (Lipinski definition) is 1. The van der Waals surface area contributed by atoms with Gasteiger partial charge in [-0.05, 0) is 61.0 Å². The Morgan fingerprint density at radius 1 is 1.06 bits per heavy atom. The molecule has 0 bridgehead atoms. The van der Waals surface area contributed by atoms with Crippen LogP contribution in [0.1, 0.15) is 22.6 Å². The number of nitrogens with one attached hydrogen (secondary N) is 1. The largest absolute Gasteiger partial charge is 0.494 e. The summed E-state index contributed by atoms with van der Waals surface area (Å²) in [5.74, 6) is 1.66. The van der Waals surface area contributed by atoms with E-state index in [1.807, 2.05) is 60.7 Å². The van der Waals surface area contributed by atoms with Gasteiger partial charge in [-0.1, -0.05) is 45.7 Å². The quantitative estimate of drug-likeness (QED) is 0.284. The van der Waals surface area contributed by atoms with Crippen LogP contribution in [0.5, 0.6) is 5.75 Å². The number of imidazole rings is 1. The standard InChI is InChI=1S/C25H23BrClN3O2/c26-19-6-3-5-18(17-19)25(31)28-14-13-24-29-22-7-1-2-8-23(22)30(24)15-4-16-32-21-11-9-20(27)10-12-21/h1-3,5-12,17H,4,13-16H2,(H,28,31). The molecule has 0 radical (unpaired) electrons. The van der Waals surface area contributed by atoms with Gasteiger partial charge in [0.1, 0.15) is 11.6 Å². The summed E-state index contributed by atoms with van der Waals surface area (Å²) in [7, 11) is 0. The maximum absolute atomic E-state index is 12.4. The van der Waals surface area contributed by atoms with E-state index in [1.54, 1.807) is 6.07 Å². The zero-order valence-electron chi connectivity index (χ0n) is 17.4. The van der Waals surface area contributed by atoms with Crippen LogP contribution in [0.2, 0.25) is 5.02 Å². The van der Waals surface area contributed by atoms with Crippen LogP contribution in [0.3, 0.4) is 0 Å². The lowest BCUT2D eigenvalue weighted by Gasteiger charge is -2.11. The van der Waals surface area contributed by atoms with Gasteiger partial charge in [-0.15, -0.1) is 0 Å². The minimum Gasteiger partial charge on any atom is -0.494 e. The van der Waals surface area contributed by atoms with Gasteiger partial charge < -0.3 is 14.6 Å². The predicted octanol–water partition coefficient (Wildman–Crippen LogP) is 5.89. The van der Waals surface area contributed by atoms with Gasteiger partial charge >= 0.3 is 0 Å². The average molecular weight is 513 g/mol. The van der Waals surface area contributed by atoms with E-state index in [1.165, 1.54) is 0 Å². The first-order chi connectivity index (χ1) is 15.6. The van der Waals surface area contributed by atoms with Gasteiger partial charge in [-0.2, -0.15) is 0 Å².